The number of nitrogens with zero attached hydrogens (tertiary/aromatic N) is 1. The van der Waals surface area contributed by atoms with Crippen LogP contribution < -0.4 is 11.5 Å². The first-order valence-corrected chi connectivity index (χ1v) is 7.11. The summed E-state index contributed by atoms with van der Waals surface area (Å²) in [5.74, 6) is -0.324. The summed E-state index contributed by atoms with van der Waals surface area (Å²) in [4.78, 5) is 13.3. The van der Waals surface area contributed by atoms with Gasteiger partial charge in [0.2, 0.25) is 5.91 Å². The molecule has 20 heavy (non-hydrogen) atoms. The highest BCUT2D eigenvalue weighted by molar-refractivity contribution is 5.75. The Balaban J connectivity index is 1.99. The van der Waals surface area contributed by atoms with Gasteiger partial charge in [-0.1, -0.05) is 18.2 Å². The Kier molecular flexibility index (Phi) is 5.38. The number of nitrogens with two attached hydrogens (primary N) is 2. The summed E-state index contributed by atoms with van der Waals surface area (Å²) < 4.78 is 5.73. The Morgan fingerprint density at radius 3 is 2.80 bits per heavy atom. The zero-order valence-electron chi connectivity index (χ0n) is 11.8. The van der Waals surface area contributed by atoms with Gasteiger partial charge >= 0.3 is 0 Å². The Labute approximate surface area is 119 Å². The van der Waals surface area contributed by atoms with Crippen LogP contribution in [-0.2, 0) is 16.1 Å². The quantitative estimate of drug-likeness (QED) is 0.764. The number of ether oxygens (including phenoxy) is 1. The van der Waals surface area contributed by atoms with Crippen LogP contribution in [0.2, 0.25) is 0 Å². The summed E-state index contributed by atoms with van der Waals surface area (Å²) >= 11 is 0. The van der Waals surface area contributed by atoms with Crippen LogP contribution in [0.15, 0.2) is 24.3 Å². The normalized spacial score (nSPS) is 19.1. The largest absolute Gasteiger partial charge is 0.398 e. The molecule has 0 radical (unpaired) electrons. The molecular formula is C15H23N3O2. The average Bonchev–Trinajstić information content (AvgIpc) is 2.42. The fourth-order valence-electron chi connectivity index (χ4n) is 2.56. The van der Waals surface area contributed by atoms with Crippen LogP contribution in [0.1, 0.15) is 24.8 Å². The third kappa shape index (κ3) is 4.51. The van der Waals surface area contributed by atoms with Crippen LogP contribution in [-0.4, -0.2) is 36.6 Å². The lowest BCUT2D eigenvalue weighted by atomic mass is 10.1. The molecule has 5 nitrogen and oxygen atoms in total. The van der Waals surface area contributed by atoms with Crippen molar-refractivity contribution in [1.82, 2.24) is 4.90 Å². The lowest BCUT2D eigenvalue weighted by molar-refractivity contribution is -0.119. The summed E-state index contributed by atoms with van der Waals surface area (Å²) in [6.45, 7) is 2.38. The summed E-state index contributed by atoms with van der Waals surface area (Å²) in [6.07, 6.45) is 3.54. The summed E-state index contributed by atoms with van der Waals surface area (Å²) in [5.41, 5.74) is 13.1. The zero-order valence-corrected chi connectivity index (χ0v) is 11.8. The third-order valence-corrected chi connectivity index (χ3v) is 3.56. The molecule has 1 unspecified atom stereocenters. The topological polar surface area (TPSA) is 81.6 Å². The molecule has 0 bridgehead atoms. The average molecular weight is 277 g/mol. The second-order valence-electron chi connectivity index (χ2n) is 5.32. The number of carbonyl (C=O) groups excluding carboxylic acids is 1. The van der Waals surface area contributed by atoms with Gasteiger partial charge in [-0.2, -0.15) is 0 Å². The van der Waals surface area contributed by atoms with Gasteiger partial charge in [-0.15, -0.1) is 0 Å². The molecule has 0 aliphatic carbocycles. The van der Waals surface area contributed by atoms with E-state index in [1.807, 2.05) is 29.2 Å². The second-order valence-corrected chi connectivity index (χ2v) is 5.32. The van der Waals surface area contributed by atoms with E-state index in [2.05, 4.69) is 0 Å². The molecule has 1 fully saturated rings. The lowest BCUT2D eigenvalue weighted by Gasteiger charge is -2.29. The first kappa shape index (κ1) is 14.8. The number of nitrogen functional groups attached to an aromatic ring is 1. The van der Waals surface area contributed by atoms with Crippen molar-refractivity contribution in [1.29, 1.82) is 0 Å². The molecule has 4 N–H and O–H groups in total. The van der Waals surface area contributed by atoms with Crippen LogP contribution in [0.5, 0.6) is 0 Å². The number of carbonyl (C=O) groups is 1. The van der Waals surface area contributed by atoms with Gasteiger partial charge in [0.1, 0.15) is 0 Å². The zero-order chi connectivity index (χ0) is 14.4. The predicted octanol–water partition coefficient (Wildman–Crippen LogP) is 1.13. The molecule has 5 heteroatoms. The summed E-state index contributed by atoms with van der Waals surface area (Å²) in [7, 11) is 0. The van der Waals surface area contributed by atoms with Gasteiger partial charge < -0.3 is 16.2 Å². The number of hydrogen-bond donors (Lipinski definition) is 2. The molecule has 0 aromatic heterocycles. The Morgan fingerprint density at radius 1 is 1.35 bits per heavy atom. The molecule has 1 aliphatic heterocycles. The number of benzene rings is 1. The van der Waals surface area contributed by atoms with Crippen molar-refractivity contribution in [3.63, 3.8) is 0 Å². The van der Waals surface area contributed by atoms with Crippen molar-refractivity contribution < 1.29 is 9.53 Å². The molecule has 0 saturated carbocycles. The van der Waals surface area contributed by atoms with Gasteiger partial charge in [0.25, 0.3) is 0 Å². The van der Waals surface area contributed by atoms with E-state index in [1.54, 1.807) is 0 Å². The van der Waals surface area contributed by atoms with Gasteiger partial charge in [-0.25, -0.2) is 0 Å². The highest BCUT2D eigenvalue weighted by atomic mass is 16.5. The maximum atomic E-state index is 11.2. The fraction of sp³-hybridized carbons (Fsp3) is 0.533. The van der Waals surface area contributed by atoms with Crippen LogP contribution in [0, 0.1) is 0 Å². The number of rotatable bonds is 6. The number of amides is 1. The predicted molar refractivity (Wildman–Crippen MR) is 78.9 cm³/mol. The van der Waals surface area contributed by atoms with Crippen molar-refractivity contribution in [3.8, 4) is 0 Å². The van der Waals surface area contributed by atoms with E-state index in [0.29, 0.717) is 6.54 Å². The van der Waals surface area contributed by atoms with Crippen LogP contribution >= 0.6 is 0 Å². The highest BCUT2D eigenvalue weighted by Crippen LogP contribution is 2.17. The number of anilines is 1. The molecule has 1 aromatic rings. The molecule has 0 spiro atoms. The molecule has 2 rings (SSSR count). The summed E-state index contributed by atoms with van der Waals surface area (Å²) in [5, 5.41) is 0. The van der Waals surface area contributed by atoms with E-state index >= 15 is 0 Å². The maximum Gasteiger partial charge on any atom is 0.231 e. The first-order chi connectivity index (χ1) is 9.65. The van der Waals surface area contributed by atoms with Crippen molar-refractivity contribution >= 4 is 11.6 Å². The monoisotopic (exact) mass is 277 g/mol. The minimum absolute atomic E-state index is 0.188. The SMILES string of the molecule is NC(=O)CN(Cc1ccccc1N)CC1CCCCO1. The number of hydrogen-bond acceptors (Lipinski definition) is 4. The number of para-hydroxylation sites is 1. The van der Waals surface area contributed by atoms with E-state index in [9.17, 15) is 4.79 Å². The van der Waals surface area contributed by atoms with Crippen LogP contribution in [0.3, 0.4) is 0 Å². The Morgan fingerprint density at radius 2 is 2.15 bits per heavy atom. The van der Waals surface area contributed by atoms with Crippen molar-refractivity contribution in [2.75, 3.05) is 25.4 Å². The van der Waals surface area contributed by atoms with Crippen molar-refractivity contribution in [3.05, 3.63) is 29.8 Å². The molecular weight excluding hydrogens is 254 g/mol. The lowest BCUT2D eigenvalue weighted by Crippen LogP contribution is -2.40. The molecule has 1 atom stereocenters. The fourth-order valence-corrected chi connectivity index (χ4v) is 2.56. The van der Waals surface area contributed by atoms with Crippen molar-refractivity contribution in [2.24, 2.45) is 5.73 Å². The maximum absolute atomic E-state index is 11.2. The third-order valence-electron chi connectivity index (χ3n) is 3.56. The molecule has 1 amide bonds. The highest BCUT2D eigenvalue weighted by Gasteiger charge is 2.19. The van der Waals surface area contributed by atoms with Gasteiger partial charge in [-0.05, 0) is 30.9 Å². The molecule has 1 saturated heterocycles. The molecule has 1 aliphatic rings. The van der Waals surface area contributed by atoms with Gasteiger partial charge in [0.15, 0.2) is 0 Å². The smallest absolute Gasteiger partial charge is 0.231 e. The number of primary amides is 1. The van der Waals surface area contributed by atoms with Gasteiger partial charge in [0.05, 0.1) is 12.6 Å². The van der Waals surface area contributed by atoms with E-state index in [4.69, 9.17) is 16.2 Å². The minimum Gasteiger partial charge on any atom is -0.398 e. The van der Waals surface area contributed by atoms with E-state index in [1.165, 1.54) is 6.42 Å². The van der Waals surface area contributed by atoms with Crippen LogP contribution in [0.25, 0.3) is 0 Å². The molecule has 110 valence electrons. The standard InChI is InChI=1S/C15H23N3O2/c16-14-7-2-1-5-12(14)9-18(11-15(17)19)10-13-6-3-4-8-20-13/h1-2,5,7,13H,3-4,6,8-11,16H2,(H2,17,19). The van der Waals surface area contributed by atoms with E-state index in [0.717, 1.165) is 37.2 Å². The van der Waals surface area contributed by atoms with Gasteiger partial charge in [-0.3, -0.25) is 9.69 Å². The van der Waals surface area contributed by atoms with Gasteiger partial charge in [0, 0.05) is 25.4 Å². The second kappa shape index (κ2) is 7.26. The van der Waals surface area contributed by atoms with E-state index < -0.39 is 0 Å². The molecule has 1 heterocycles. The van der Waals surface area contributed by atoms with Crippen LogP contribution in [0.4, 0.5) is 5.69 Å². The Bertz CT molecular complexity index is 444. The van der Waals surface area contributed by atoms with E-state index in [-0.39, 0.29) is 18.6 Å². The first-order valence-electron chi connectivity index (χ1n) is 7.11. The summed E-state index contributed by atoms with van der Waals surface area (Å²) in [6, 6.07) is 7.70. The van der Waals surface area contributed by atoms with Crippen molar-refractivity contribution in [2.45, 2.75) is 31.9 Å². The Hall–Kier alpha value is -1.59. The molecule has 1 aromatic carbocycles. The minimum atomic E-state index is -0.324.